The van der Waals surface area contributed by atoms with E-state index < -0.39 is 5.25 Å². The maximum absolute atomic E-state index is 12.6. The molecule has 1 aliphatic heterocycles. The number of carbonyl (C=O) groups is 2. The van der Waals surface area contributed by atoms with Gasteiger partial charge in [0.1, 0.15) is 16.7 Å². The van der Waals surface area contributed by atoms with Gasteiger partial charge in [-0.25, -0.2) is 4.99 Å². The second-order valence-corrected chi connectivity index (χ2v) is 8.39. The predicted octanol–water partition coefficient (Wildman–Crippen LogP) is 4.56. The van der Waals surface area contributed by atoms with Crippen LogP contribution in [0.15, 0.2) is 41.4 Å². The van der Waals surface area contributed by atoms with Gasteiger partial charge in [0, 0.05) is 24.2 Å². The number of anilines is 1. The first-order valence-electron chi connectivity index (χ1n) is 9.02. The lowest BCUT2D eigenvalue weighted by molar-refractivity contribution is -0.127. The Bertz CT molecular complexity index is 993. The standard InChI is InChI=1S/C21H22ClN3O3S/c1-12-5-7-15(13(2)9-12)23-19(26)11-18-20(27)25(3)21(29-18)24-16-10-14(22)6-8-17(16)28-4/h5-10,18H,11H2,1-4H3,(H,23,26). The Morgan fingerprint density at radius 1 is 1.28 bits per heavy atom. The molecule has 1 N–H and O–H groups in total. The van der Waals surface area contributed by atoms with E-state index in [0.717, 1.165) is 16.8 Å². The van der Waals surface area contributed by atoms with Gasteiger partial charge in [0.2, 0.25) is 11.8 Å². The third kappa shape index (κ3) is 4.92. The first kappa shape index (κ1) is 21.2. The van der Waals surface area contributed by atoms with Crippen LogP contribution in [0.5, 0.6) is 5.75 Å². The number of methoxy groups -OCH3 is 1. The highest BCUT2D eigenvalue weighted by Crippen LogP contribution is 2.35. The number of aryl methyl sites for hydroxylation is 2. The van der Waals surface area contributed by atoms with Crippen LogP contribution in [-0.4, -0.2) is 41.3 Å². The van der Waals surface area contributed by atoms with Crippen LogP contribution in [-0.2, 0) is 9.59 Å². The number of amides is 2. The highest BCUT2D eigenvalue weighted by atomic mass is 35.5. The lowest BCUT2D eigenvalue weighted by atomic mass is 10.1. The van der Waals surface area contributed by atoms with Gasteiger partial charge in [-0.05, 0) is 43.7 Å². The molecule has 1 unspecified atom stereocenters. The third-order valence-electron chi connectivity index (χ3n) is 4.52. The van der Waals surface area contributed by atoms with Crippen molar-refractivity contribution in [2.75, 3.05) is 19.5 Å². The quantitative estimate of drug-likeness (QED) is 0.753. The monoisotopic (exact) mass is 431 g/mol. The van der Waals surface area contributed by atoms with Gasteiger partial charge in [0.15, 0.2) is 5.17 Å². The summed E-state index contributed by atoms with van der Waals surface area (Å²) in [6.07, 6.45) is 0.0624. The highest BCUT2D eigenvalue weighted by molar-refractivity contribution is 8.15. The lowest BCUT2D eigenvalue weighted by Crippen LogP contribution is -2.30. The van der Waals surface area contributed by atoms with Crippen LogP contribution in [0.1, 0.15) is 17.5 Å². The summed E-state index contributed by atoms with van der Waals surface area (Å²) in [6.45, 7) is 3.94. The van der Waals surface area contributed by atoms with Crippen LogP contribution in [0, 0.1) is 13.8 Å². The molecule has 1 heterocycles. The second kappa shape index (κ2) is 8.88. The Balaban J connectivity index is 1.73. The molecule has 1 saturated heterocycles. The predicted molar refractivity (Wildman–Crippen MR) is 118 cm³/mol. The molecular weight excluding hydrogens is 410 g/mol. The number of hydrogen-bond acceptors (Lipinski definition) is 5. The average Bonchev–Trinajstić information content (AvgIpc) is 2.92. The molecule has 0 bridgehead atoms. The third-order valence-corrected chi connectivity index (χ3v) is 5.99. The Labute approximate surface area is 179 Å². The molecule has 152 valence electrons. The number of ether oxygens (including phenoxy) is 1. The molecule has 0 aliphatic carbocycles. The summed E-state index contributed by atoms with van der Waals surface area (Å²) < 4.78 is 5.31. The minimum absolute atomic E-state index is 0.0624. The van der Waals surface area contributed by atoms with Crippen molar-refractivity contribution in [3.63, 3.8) is 0 Å². The number of benzene rings is 2. The molecule has 1 fully saturated rings. The molecule has 1 atom stereocenters. The number of hydrogen-bond donors (Lipinski definition) is 1. The molecule has 6 nitrogen and oxygen atoms in total. The molecule has 2 aromatic carbocycles. The summed E-state index contributed by atoms with van der Waals surface area (Å²) in [6, 6.07) is 10.9. The number of aliphatic imine (C=N–C) groups is 1. The van der Waals surface area contributed by atoms with Gasteiger partial charge in [-0.3, -0.25) is 14.5 Å². The van der Waals surface area contributed by atoms with Crippen molar-refractivity contribution in [3.05, 3.63) is 52.5 Å². The van der Waals surface area contributed by atoms with E-state index >= 15 is 0 Å². The van der Waals surface area contributed by atoms with Gasteiger partial charge in [0.25, 0.3) is 0 Å². The first-order valence-corrected chi connectivity index (χ1v) is 10.3. The maximum atomic E-state index is 12.6. The fourth-order valence-corrected chi connectivity index (χ4v) is 4.29. The summed E-state index contributed by atoms with van der Waals surface area (Å²) in [4.78, 5) is 31.1. The summed E-state index contributed by atoms with van der Waals surface area (Å²) in [5, 5.41) is 3.38. The zero-order valence-electron chi connectivity index (χ0n) is 16.7. The van der Waals surface area contributed by atoms with Crippen molar-refractivity contribution in [2.45, 2.75) is 25.5 Å². The summed E-state index contributed by atoms with van der Waals surface area (Å²) >= 11 is 7.32. The zero-order chi connectivity index (χ0) is 21.1. The number of halogens is 1. The number of thioether (sulfide) groups is 1. The van der Waals surface area contributed by atoms with Crippen molar-refractivity contribution in [3.8, 4) is 5.75 Å². The topological polar surface area (TPSA) is 71.0 Å². The molecule has 8 heteroatoms. The van der Waals surface area contributed by atoms with E-state index in [9.17, 15) is 9.59 Å². The maximum Gasteiger partial charge on any atom is 0.242 e. The smallest absolute Gasteiger partial charge is 0.242 e. The average molecular weight is 432 g/mol. The van der Waals surface area contributed by atoms with E-state index in [2.05, 4.69) is 10.3 Å². The van der Waals surface area contributed by atoms with E-state index in [1.165, 1.54) is 16.7 Å². The van der Waals surface area contributed by atoms with Crippen molar-refractivity contribution in [1.29, 1.82) is 0 Å². The molecule has 0 radical (unpaired) electrons. The lowest BCUT2D eigenvalue weighted by Gasteiger charge is -2.11. The second-order valence-electron chi connectivity index (χ2n) is 6.78. The molecule has 0 spiro atoms. The van der Waals surface area contributed by atoms with E-state index in [1.54, 1.807) is 32.4 Å². The molecule has 3 rings (SSSR count). The molecule has 0 saturated carbocycles. The van der Waals surface area contributed by atoms with E-state index in [4.69, 9.17) is 16.3 Å². The van der Waals surface area contributed by atoms with Gasteiger partial charge in [-0.2, -0.15) is 0 Å². The minimum atomic E-state index is -0.533. The number of carbonyl (C=O) groups excluding carboxylic acids is 2. The van der Waals surface area contributed by atoms with E-state index in [-0.39, 0.29) is 18.2 Å². The Morgan fingerprint density at radius 2 is 2.03 bits per heavy atom. The number of nitrogens with zero attached hydrogens (tertiary/aromatic N) is 2. The van der Waals surface area contributed by atoms with Crippen LogP contribution in [0.4, 0.5) is 11.4 Å². The van der Waals surface area contributed by atoms with Gasteiger partial charge in [-0.1, -0.05) is 41.1 Å². The molecule has 2 amide bonds. The van der Waals surface area contributed by atoms with Crippen LogP contribution in [0.3, 0.4) is 0 Å². The summed E-state index contributed by atoms with van der Waals surface area (Å²) in [5.41, 5.74) is 3.39. The van der Waals surface area contributed by atoms with Crippen molar-refractivity contribution in [2.24, 2.45) is 4.99 Å². The Kier molecular flexibility index (Phi) is 6.49. The van der Waals surface area contributed by atoms with Crippen molar-refractivity contribution < 1.29 is 14.3 Å². The fourth-order valence-electron chi connectivity index (χ4n) is 2.97. The molecule has 29 heavy (non-hydrogen) atoms. The van der Waals surface area contributed by atoms with E-state index in [1.807, 2.05) is 32.0 Å². The first-order chi connectivity index (χ1) is 13.8. The molecule has 1 aliphatic rings. The van der Waals surface area contributed by atoms with Gasteiger partial charge >= 0.3 is 0 Å². The SMILES string of the molecule is COc1ccc(Cl)cc1N=C1SC(CC(=O)Nc2ccc(C)cc2C)C(=O)N1C. The highest BCUT2D eigenvalue weighted by Gasteiger charge is 2.37. The largest absolute Gasteiger partial charge is 0.494 e. The summed E-state index contributed by atoms with van der Waals surface area (Å²) in [5.74, 6) is 0.183. The van der Waals surface area contributed by atoms with Crippen LogP contribution in [0.2, 0.25) is 5.02 Å². The minimum Gasteiger partial charge on any atom is -0.494 e. The van der Waals surface area contributed by atoms with Crippen LogP contribution < -0.4 is 10.1 Å². The number of rotatable bonds is 5. The van der Waals surface area contributed by atoms with E-state index in [0.29, 0.717) is 21.6 Å². The van der Waals surface area contributed by atoms with Crippen LogP contribution >= 0.6 is 23.4 Å². The Hall–Kier alpha value is -2.51. The molecule has 2 aromatic rings. The normalized spacial score (nSPS) is 17.7. The molecule has 0 aromatic heterocycles. The fraction of sp³-hybridized carbons (Fsp3) is 0.286. The number of amidine groups is 1. The van der Waals surface area contributed by atoms with Gasteiger partial charge in [-0.15, -0.1) is 0 Å². The van der Waals surface area contributed by atoms with Gasteiger partial charge < -0.3 is 10.1 Å². The summed E-state index contributed by atoms with van der Waals surface area (Å²) in [7, 11) is 3.19. The Morgan fingerprint density at radius 3 is 2.72 bits per heavy atom. The van der Waals surface area contributed by atoms with Gasteiger partial charge in [0.05, 0.1) is 7.11 Å². The zero-order valence-corrected chi connectivity index (χ0v) is 18.2. The van der Waals surface area contributed by atoms with Crippen molar-refractivity contribution in [1.82, 2.24) is 4.90 Å². The molecular formula is C21H22ClN3O3S. The van der Waals surface area contributed by atoms with Crippen LogP contribution in [0.25, 0.3) is 0 Å². The van der Waals surface area contributed by atoms with Crippen molar-refractivity contribution >= 4 is 51.7 Å². The number of nitrogens with one attached hydrogen (secondary N) is 1.